The van der Waals surface area contributed by atoms with E-state index in [1.807, 2.05) is 6.92 Å². The number of hydrogen-bond acceptors (Lipinski definition) is 4. The molecule has 1 fully saturated rings. The van der Waals surface area contributed by atoms with Crippen molar-refractivity contribution in [1.82, 2.24) is 4.31 Å². The first-order valence-corrected chi connectivity index (χ1v) is 9.49. The Balaban J connectivity index is 2.28. The van der Waals surface area contributed by atoms with E-state index < -0.39 is 25.1 Å². The van der Waals surface area contributed by atoms with Gasteiger partial charge < -0.3 is 0 Å². The highest BCUT2D eigenvalue weighted by Gasteiger charge is 2.31. The highest BCUT2D eigenvalue weighted by Crippen LogP contribution is 2.27. The molecule has 2 atom stereocenters. The maximum Gasteiger partial charge on any atom is 0.332 e. The molecule has 5 nitrogen and oxygen atoms in total. The first-order valence-electron chi connectivity index (χ1n) is 6.67. The van der Waals surface area contributed by atoms with Crippen molar-refractivity contribution in [3.63, 3.8) is 0 Å². The average Bonchev–Trinajstić information content (AvgIpc) is 2.41. The van der Waals surface area contributed by atoms with Gasteiger partial charge in [-0.1, -0.05) is 13.8 Å². The van der Waals surface area contributed by atoms with Crippen LogP contribution in [0.2, 0.25) is 0 Å². The van der Waals surface area contributed by atoms with E-state index in [1.165, 1.54) is 4.31 Å². The van der Waals surface area contributed by atoms with E-state index in [-0.39, 0.29) is 10.8 Å². The molecule has 1 aliphatic heterocycles. The van der Waals surface area contributed by atoms with E-state index in [4.69, 9.17) is 0 Å². The van der Waals surface area contributed by atoms with Crippen LogP contribution in [0, 0.1) is 11.8 Å². The van der Waals surface area contributed by atoms with Crippen LogP contribution in [-0.2, 0) is 20.2 Å². The Kier molecular flexibility index (Phi) is 4.41. The number of piperidine rings is 1. The molecule has 1 heterocycles. The average molecular weight is 335 g/mol. The number of rotatable bonds is 3. The summed E-state index contributed by atoms with van der Waals surface area (Å²) in [6.07, 6.45) is 0.789. The second-order valence-electron chi connectivity index (χ2n) is 5.52. The summed E-state index contributed by atoms with van der Waals surface area (Å²) in [6, 6.07) is 4.20. The van der Waals surface area contributed by atoms with Gasteiger partial charge in [-0.25, -0.2) is 8.42 Å². The molecule has 0 N–H and O–H groups in total. The Labute approximate surface area is 125 Å². The van der Waals surface area contributed by atoms with Gasteiger partial charge in [0.15, 0.2) is 0 Å². The summed E-state index contributed by atoms with van der Waals surface area (Å²) in [5.41, 5.74) is 0. The normalized spacial score (nSPS) is 24.9. The van der Waals surface area contributed by atoms with Crippen LogP contribution in [0.25, 0.3) is 0 Å². The minimum absolute atomic E-state index is 0.0170. The summed E-state index contributed by atoms with van der Waals surface area (Å²) < 4.78 is 60.7. The van der Waals surface area contributed by atoms with Gasteiger partial charge in [0.1, 0.15) is 0 Å². The molecule has 0 amide bonds. The number of hydrogen-bond donors (Lipinski definition) is 0. The van der Waals surface area contributed by atoms with E-state index in [0.29, 0.717) is 19.0 Å². The molecule has 0 saturated carbocycles. The van der Waals surface area contributed by atoms with Crippen LogP contribution in [0.5, 0.6) is 0 Å². The molecule has 8 heteroatoms. The highest BCUT2D eigenvalue weighted by molar-refractivity contribution is 7.89. The largest absolute Gasteiger partial charge is 0.332 e. The molecule has 0 aliphatic carbocycles. The Morgan fingerprint density at radius 2 is 1.52 bits per heavy atom. The number of halogens is 1. The molecule has 1 aromatic carbocycles. The van der Waals surface area contributed by atoms with E-state index in [1.54, 1.807) is 0 Å². The van der Waals surface area contributed by atoms with Gasteiger partial charge >= 0.3 is 10.2 Å². The van der Waals surface area contributed by atoms with Crippen molar-refractivity contribution in [2.75, 3.05) is 13.1 Å². The first-order chi connectivity index (χ1) is 9.62. The minimum Gasteiger partial charge on any atom is -0.207 e. The molecule has 0 spiro atoms. The smallest absolute Gasteiger partial charge is 0.207 e. The van der Waals surface area contributed by atoms with Crippen molar-refractivity contribution < 1.29 is 20.7 Å². The minimum atomic E-state index is -4.81. The van der Waals surface area contributed by atoms with Crippen LogP contribution in [-0.4, -0.2) is 34.2 Å². The zero-order valence-corrected chi connectivity index (χ0v) is 13.5. The lowest BCUT2D eigenvalue weighted by Crippen LogP contribution is -2.42. The van der Waals surface area contributed by atoms with Crippen LogP contribution >= 0.6 is 0 Å². The third kappa shape index (κ3) is 3.44. The molecule has 2 unspecified atom stereocenters. The van der Waals surface area contributed by atoms with Gasteiger partial charge in [0, 0.05) is 13.1 Å². The Hall–Kier alpha value is -0.990. The van der Waals surface area contributed by atoms with Crippen molar-refractivity contribution in [2.24, 2.45) is 11.8 Å². The number of benzene rings is 1. The molecule has 2 rings (SSSR count). The van der Waals surface area contributed by atoms with Gasteiger partial charge in [0.25, 0.3) is 0 Å². The number of sulfonamides is 1. The molecule has 0 radical (unpaired) electrons. The van der Waals surface area contributed by atoms with Gasteiger partial charge in [-0.15, -0.1) is 3.89 Å². The van der Waals surface area contributed by atoms with Crippen molar-refractivity contribution >= 4 is 20.2 Å². The Bertz CT molecular complexity index is 713. The van der Waals surface area contributed by atoms with Crippen molar-refractivity contribution in [2.45, 2.75) is 30.1 Å². The van der Waals surface area contributed by atoms with Gasteiger partial charge in [0.05, 0.1) is 9.79 Å². The monoisotopic (exact) mass is 335 g/mol. The fraction of sp³-hybridized carbons (Fsp3) is 0.538. The zero-order valence-electron chi connectivity index (χ0n) is 11.9. The van der Waals surface area contributed by atoms with Crippen molar-refractivity contribution in [3.05, 3.63) is 24.3 Å². The van der Waals surface area contributed by atoms with Gasteiger partial charge in [0.2, 0.25) is 10.0 Å². The fourth-order valence-electron chi connectivity index (χ4n) is 2.37. The maximum atomic E-state index is 12.8. The van der Waals surface area contributed by atoms with Crippen LogP contribution < -0.4 is 0 Å². The van der Waals surface area contributed by atoms with Crippen LogP contribution in [0.15, 0.2) is 34.1 Å². The second-order valence-corrected chi connectivity index (χ2v) is 8.80. The Morgan fingerprint density at radius 1 is 1.00 bits per heavy atom. The van der Waals surface area contributed by atoms with Crippen LogP contribution in [0.4, 0.5) is 3.89 Å². The predicted molar refractivity (Wildman–Crippen MR) is 76.4 cm³/mol. The molecule has 0 aromatic heterocycles. The predicted octanol–water partition coefficient (Wildman–Crippen LogP) is 2.01. The quantitative estimate of drug-likeness (QED) is 0.792. The van der Waals surface area contributed by atoms with Gasteiger partial charge in [-0.05, 0) is 42.5 Å². The lowest BCUT2D eigenvalue weighted by Gasteiger charge is -2.34. The fourth-order valence-corrected chi connectivity index (χ4v) is 4.38. The molecular formula is C13H18FNO4S2. The van der Waals surface area contributed by atoms with E-state index in [2.05, 4.69) is 6.92 Å². The third-order valence-electron chi connectivity index (χ3n) is 4.04. The molecule has 1 aromatic rings. The highest BCUT2D eigenvalue weighted by atomic mass is 32.3. The number of nitrogens with zero attached hydrogens (tertiary/aromatic N) is 1. The first kappa shape index (κ1) is 16.4. The summed E-state index contributed by atoms with van der Waals surface area (Å²) in [5, 5.41) is 0. The van der Waals surface area contributed by atoms with Crippen molar-refractivity contribution in [3.8, 4) is 0 Å². The second kappa shape index (κ2) is 5.66. The van der Waals surface area contributed by atoms with E-state index in [0.717, 1.165) is 30.7 Å². The topological polar surface area (TPSA) is 71.5 Å². The van der Waals surface area contributed by atoms with Crippen molar-refractivity contribution in [1.29, 1.82) is 0 Å². The molecule has 21 heavy (non-hydrogen) atoms. The summed E-state index contributed by atoms with van der Waals surface area (Å²) in [7, 11) is -8.48. The third-order valence-corrected chi connectivity index (χ3v) is 6.75. The summed E-state index contributed by atoms with van der Waals surface area (Å²) in [6.45, 7) is 4.98. The lowest BCUT2D eigenvalue weighted by atomic mass is 9.90. The standard InChI is InChI=1S/C13H18FNO4S2/c1-10-7-8-15(9-11(10)2)21(18,19)13-5-3-12(4-6-13)20(14,16)17/h3-6,10-11H,7-9H2,1-2H3. The SMILES string of the molecule is CC1CCN(S(=O)(=O)c2ccc(S(=O)(=O)F)cc2)CC1C. The molecule has 0 bridgehead atoms. The molecule has 1 saturated heterocycles. The van der Waals surface area contributed by atoms with Gasteiger partial charge in [-0.2, -0.15) is 12.7 Å². The maximum absolute atomic E-state index is 12.8. The zero-order chi connectivity index (χ0) is 15.8. The summed E-state index contributed by atoms with van der Waals surface area (Å²) >= 11 is 0. The summed E-state index contributed by atoms with van der Waals surface area (Å²) in [5.74, 6) is 0.731. The molecular weight excluding hydrogens is 317 g/mol. The van der Waals surface area contributed by atoms with E-state index in [9.17, 15) is 20.7 Å². The molecule has 1 aliphatic rings. The molecule has 118 valence electrons. The van der Waals surface area contributed by atoms with Crippen LogP contribution in [0.3, 0.4) is 0 Å². The van der Waals surface area contributed by atoms with E-state index >= 15 is 0 Å². The summed E-state index contributed by atoms with van der Waals surface area (Å²) in [4.78, 5) is -0.557. The lowest BCUT2D eigenvalue weighted by molar-refractivity contribution is 0.212. The van der Waals surface area contributed by atoms with Crippen LogP contribution in [0.1, 0.15) is 20.3 Å². The van der Waals surface area contributed by atoms with Gasteiger partial charge in [-0.3, -0.25) is 0 Å². The Morgan fingerprint density at radius 3 is 2.00 bits per heavy atom.